The average Bonchev–Trinajstić information content (AvgIpc) is 2.64. The predicted molar refractivity (Wildman–Crippen MR) is 56.6 cm³/mol. The maximum atomic E-state index is 9.58. The van der Waals surface area contributed by atoms with Crippen LogP contribution >= 0.6 is 0 Å². The van der Waals surface area contributed by atoms with Crippen LogP contribution in [0.1, 0.15) is 19.8 Å². The topological polar surface area (TPSA) is 47.9 Å². The van der Waals surface area contributed by atoms with Gasteiger partial charge in [0.1, 0.15) is 0 Å². The van der Waals surface area contributed by atoms with Gasteiger partial charge in [-0.15, -0.1) is 6.58 Å². The number of aliphatic hydroxyl groups is 1. The molecule has 1 fully saturated rings. The van der Waals surface area contributed by atoms with Gasteiger partial charge in [-0.1, -0.05) is 6.08 Å². The molecule has 0 saturated carbocycles. The van der Waals surface area contributed by atoms with Gasteiger partial charge in [-0.25, -0.2) is 0 Å². The molecule has 0 aromatic rings. The molecule has 15 heavy (non-hydrogen) atoms. The zero-order valence-corrected chi connectivity index (χ0v) is 9.28. The third kappa shape index (κ3) is 4.75. The smallest absolute Gasteiger partial charge is 0.165 e. The van der Waals surface area contributed by atoms with Crippen LogP contribution in [0.15, 0.2) is 12.7 Å². The molecule has 0 spiro atoms. The molecule has 1 aliphatic heterocycles. The second-order valence-electron chi connectivity index (χ2n) is 3.85. The Morgan fingerprint density at radius 2 is 2.20 bits per heavy atom. The summed E-state index contributed by atoms with van der Waals surface area (Å²) in [6.07, 6.45) is 2.51. The summed E-state index contributed by atoms with van der Waals surface area (Å²) >= 11 is 0. The van der Waals surface area contributed by atoms with Crippen LogP contribution in [0.2, 0.25) is 0 Å². The van der Waals surface area contributed by atoms with Gasteiger partial charge in [-0.2, -0.15) is 0 Å². The van der Waals surface area contributed by atoms with Gasteiger partial charge in [0.2, 0.25) is 0 Å². The maximum absolute atomic E-state index is 9.58. The van der Waals surface area contributed by atoms with Gasteiger partial charge in [0.25, 0.3) is 0 Å². The molecule has 0 aromatic carbocycles. The van der Waals surface area contributed by atoms with Crippen LogP contribution in [-0.2, 0) is 14.2 Å². The number of hydrogen-bond acceptors (Lipinski definition) is 4. The van der Waals surface area contributed by atoms with Crippen LogP contribution < -0.4 is 0 Å². The van der Waals surface area contributed by atoms with Crippen molar-refractivity contribution in [2.24, 2.45) is 0 Å². The van der Waals surface area contributed by atoms with E-state index in [0.29, 0.717) is 39.3 Å². The van der Waals surface area contributed by atoms with Crippen molar-refractivity contribution in [1.29, 1.82) is 0 Å². The van der Waals surface area contributed by atoms with Crippen molar-refractivity contribution in [3.8, 4) is 0 Å². The summed E-state index contributed by atoms with van der Waals surface area (Å²) in [5.41, 5.74) is 0. The molecular weight excluding hydrogens is 196 g/mol. The van der Waals surface area contributed by atoms with Gasteiger partial charge in [-0.3, -0.25) is 0 Å². The molecule has 4 nitrogen and oxygen atoms in total. The molecule has 1 rings (SSSR count). The van der Waals surface area contributed by atoms with Crippen molar-refractivity contribution < 1.29 is 19.3 Å². The minimum atomic E-state index is -0.514. The zero-order valence-electron chi connectivity index (χ0n) is 9.28. The van der Waals surface area contributed by atoms with E-state index in [4.69, 9.17) is 14.2 Å². The van der Waals surface area contributed by atoms with E-state index in [-0.39, 0.29) is 0 Å². The first-order chi connectivity index (χ1) is 7.16. The van der Waals surface area contributed by atoms with Gasteiger partial charge in [0, 0.05) is 6.42 Å². The molecule has 1 aliphatic rings. The van der Waals surface area contributed by atoms with Crippen molar-refractivity contribution in [3.05, 3.63) is 12.7 Å². The number of hydrogen-bond donors (Lipinski definition) is 1. The summed E-state index contributed by atoms with van der Waals surface area (Å²) in [6.45, 7) is 7.52. The molecule has 0 bridgehead atoms. The maximum Gasteiger partial charge on any atom is 0.165 e. The van der Waals surface area contributed by atoms with E-state index in [1.807, 2.05) is 6.92 Å². The Morgan fingerprint density at radius 1 is 1.53 bits per heavy atom. The molecular formula is C11H20O4. The normalized spacial score (nSPS) is 21.5. The van der Waals surface area contributed by atoms with Crippen molar-refractivity contribution in [2.75, 3.05) is 26.4 Å². The minimum absolute atomic E-state index is 0.335. The molecule has 0 unspecified atom stereocenters. The Labute approximate surface area is 90.8 Å². The molecule has 0 radical (unpaired) electrons. The summed E-state index contributed by atoms with van der Waals surface area (Å²) in [4.78, 5) is 0. The second kappa shape index (κ2) is 6.23. The molecule has 1 N–H and O–H groups in total. The van der Waals surface area contributed by atoms with E-state index < -0.39 is 11.9 Å². The lowest BCUT2D eigenvalue weighted by atomic mass is 10.1. The average molecular weight is 216 g/mol. The van der Waals surface area contributed by atoms with Crippen molar-refractivity contribution >= 4 is 0 Å². The Morgan fingerprint density at radius 3 is 2.80 bits per heavy atom. The molecule has 0 amide bonds. The fourth-order valence-electron chi connectivity index (χ4n) is 1.50. The first kappa shape index (κ1) is 12.6. The monoisotopic (exact) mass is 216 g/mol. The molecule has 0 aromatic heterocycles. The van der Waals surface area contributed by atoms with Gasteiger partial charge >= 0.3 is 0 Å². The molecule has 1 saturated heterocycles. The first-order valence-electron chi connectivity index (χ1n) is 5.31. The summed E-state index contributed by atoms with van der Waals surface area (Å²) in [7, 11) is 0. The van der Waals surface area contributed by atoms with Crippen LogP contribution in [0.4, 0.5) is 0 Å². The van der Waals surface area contributed by atoms with Gasteiger partial charge in [-0.05, 0) is 13.3 Å². The van der Waals surface area contributed by atoms with Crippen LogP contribution in [0.3, 0.4) is 0 Å². The Balaban J connectivity index is 2.10. The quantitative estimate of drug-likeness (QED) is 0.511. The fourth-order valence-corrected chi connectivity index (χ4v) is 1.50. The summed E-state index contributed by atoms with van der Waals surface area (Å²) in [6, 6.07) is 0. The van der Waals surface area contributed by atoms with Crippen LogP contribution in [0, 0.1) is 0 Å². The van der Waals surface area contributed by atoms with E-state index in [9.17, 15) is 5.11 Å². The van der Waals surface area contributed by atoms with E-state index in [1.54, 1.807) is 6.08 Å². The van der Waals surface area contributed by atoms with E-state index in [1.165, 1.54) is 0 Å². The Bertz CT molecular complexity index is 187. The predicted octanol–water partition coefficient (Wildman–Crippen LogP) is 1.09. The lowest BCUT2D eigenvalue weighted by molar-refractivity contribution is -0.152. The van der Waals surface area contributed by atoms with Crippen molar-refractivity contribution in [2.45, 2.75) is 31.7 Å². The number of rotatable bonds is 7. The highest BCUT2D eigenvalue weighted by molar-refractivity contribution is 4.71. The van der Waals surface area contributed by atoms with Crippen molar-refractivity contribution in [1.82, 2.24) is 0 Å². The van der Waals surface area contributed by atoms with Crippen molar-refractivity contribution in [3.63, 3.8) is 0 Å². The summed E-state index contributed by atoms with van der Waals surface area (Å²) in [5.74, 6) is -0.514. The highest BCUT2D eigenvalue weighted by Gasteiger charge is 2.31. The highest BCUT2D eigenvalue weighted by Crippen LogP contribution is 2.24. The van der Waals surface area contributed by atoms with Crippen LogP contribution in [-0.4, -0.2) is 43.4 Å². The largest absolute Gasteiger partial charge is 0.391 e. The first-order valence-corrected chi connectivity index (χ1v) is 5.31. The third-order valence-corrected chi connectivity index (χ3v) is 2.38. The number of aliphatic hydroxyl groups excluding tert-OH is 1. The standard InChI is InChI=1S/C11H20O4/c1-3-6-13-9-10(12)4-5-11(2)14-7-8-15-11/h3,10,12H,1,4-9H2,2H3/t10-/m0/s1. The van der Waals surface area contributed by atoms with Crippen LogP contribution in [0.5, 0.6) is 0 Å². The van der Waals surface area contributed by atoms with E-state index >= 15 is 0 Å². The summed E-state index contributed by atoms with van der Waals surface area (Å²) < 4.78 is 16.0. The van der Waals surface area contributed by atoms with Crippen LogP contribution in [0.25, 0.3) is 0 Å². The molecule has 0 aliphatic carbocycles. The minimum Gasteiger partial charge on any atom is -0.391 e. The fraction of sp³-hybridized carbons (Fsp3) is 0.818. The highest BCUT2D eigenvalue weighted by atomic mass is 16.7. The lowest BCUT2D eigenvalue weighted by Gasteiger charge is -2.23. The van der Waals surface area contributed by atoms with Gasteiger partial charge < -0.3 is 19.3 Å². The van der Waals surface area contributed by atoms with Gasteiger partial charge in [0.15, 0.2) is 5.79 Å². The molecule has 1 atom stereocenters. The molecule has 1 heterocycles. The summed E-state index contributed by atoms with van der Waals surface area (Å²) in [5, 5.41) is 9.58. The molecule has 88 valence electrons. The second-order valence-corrected chi connectivity index (χ2v) is 3.85. The Hall–Kier alpha value is -0.420. The zero-order chi connectivity index (χ0) is 11.1. The van der Waals surface area contributed by atoms with Gasteiger partial charge in [0.05, 0.1) is 32.5 Å². The van der Waals surface area contributed by atoms with E-state index in [0.717, 1.165) is 0 Å². The SMILES string of the molecule is C=CCOC[C@@H](O)CCC1(C)OCCO1. The van der Waals surface area contributed by atoms with E-state index in [2.05, 4.69) is 6.58 Å². The third-order valence-electron chi connectivity index (χ3n) is 2.38. The molecule has 4 heteroatoms. The lowest BCUT2D eigenvalue weighted by Crippen LogP contribution is -2.28. The Kier molecular flexibility index (Phi) is 5.25. The number of ether oxygens (including phenoxy) is 3.